The molecule has 0 atom stereocenters. The number of imidazole rings is 1. The van der Waals surface area contributed by atoms with Gasteiger partial charge >= 0.3 is 5.69 Å². The molecule has 0 aliphatic carbocycles. The monoisotopic (exact) mass is 405 g/mol. The van der Waals surface area contributed by atoms with Crippen molar-refractivity contribution < 1.29 is 0 Å². The normalized spacial score (nSPS) is 15.3. The van der Waals surface area contributed by atoms with Gasteiger partial charge in [-0.05, 0) is 37.5 Å². The minimum absolute atomic E-state index is 0.0130. The smallest absolute Gasteiger partial charge is 0.326 e. The molecule has 5 rings (SSSR count). The van der Waals surface area contributed by atoms with Gasteiger partial charge in [0.05, 0.1) is 11.0 Å². The largest absolute Gasteiger partial charge is 0.347 e. The summed E-state index contributed by atoms with van der Waals surface area (Å²) >= 11 is 1.47. The molecule has 0 saturated carbocycles. The van der Waals surface area contributed by atoms with Gasteiger partial charge in [-0.3, -0.25) is 4.57 Å². The molecule has 1 fully saturated rings. The summed E-state index contributed by atoms with van der Waals surface area (Å²) < 4.78 is 6.49. The van der Waals surface area contributed by atoms with Gasteiger partial charge in [0.15, 0.2) is 0 Å². The third-order valence-electron chi connectivity index (χ3n) is 5.66. The summed E-state index contributed by atoms with van der Waals surface area (Å²) in [6.45, 7) is 3.86. The summed E-state index contributed by atoms with van der Waals surface area (Å²) in [7, 11) is 0. The number of para-hydroxylation sites is 2. The first-order chi connectivity index (χ1) is 14.2. The van der Waals surface area contributed by atoms with Crippen molar-refractivity contribution in [2.75, 3.05) is 18.0 Å². The molecule has 1 saturated heterocycles. The molecule has 2 aromatic heterocycles. The number of nitrogens with one attached hydrogen (secondary N) is 1. The highest BCUT2D eigenvalue weighted by Crippen LogP contribution is 2.29. The second kappa shape index (κ2) is 7.48. The number of benzene rings is 2. The van der Waals surface area contributed by atoms with Crippen LogP contribution in [0.2, 0.25) is 0 Å². The fourth-order valence-electron chi connectivity index (χ4n) is 4.09. The van der Waals surface area contributed by atoms with Crippen LogP contribution in [0.15, 0.2) is 53.3 Å². The van der Waals surface area contributed by atoms with E-state index in [-0.39, 0.29) is 11.7 Å². The van der Waals surface area contributed by atoms with Gasteiger partial charge in [0, 0.05) is 37.1 Å². The molecule has 1 aliphatic heterocycles. The van der Waals surface area contributed by atoms with Crippen LogP contribution in [-0.2, 0) is 6.42 Å². The number of fused-ring (bicyclic) bond motifs is 1. The van der Waals surface area contributed by atoms with Gasteiger partial charge in [-0.2, -0.15) is 4.37 Å². The van der Waals surface area contributed by atoms with Crippen molar-refractivity contribution in [1.29, 1.82) is 0 Å². The van der Waals surface area contributed by atoms with E-state index in [4.69, 9.17) is 4.98 Å². The van der Waals surface area contributed by atoms with E-state index in [1.54, 1.807) is 0 Å². The Morgan fingerprint density at radius 3 is 2.66 bits per heavy atom. The Morgan fingerprint density at radius 1 is 1.10 bits per heavy atom. The summed E-state index contributed by atoms with van der Waals surface area (Å²) in [5, 5.41) is 0.983. The van der Waals surface area contributed by atoms with E-state index in [1.165, 1.54) is 22.7 Å². The van der Waals surface area contributed by atoms with Crippen molar-refractivity contribution in [3.63, 3.8) is 0 Å². The highest BCUT2D eigenvalue weighted by atomic mass is 32.1. The van der Waals surface area contributed by atoms with Crippen molar-refractivity contribution in [3.8, 4) is 0 Å². The van der Waals surface area contributed by atoms with Gasteiger partial charge in [0.1, 0.15) is 5.82 Å². The van der Waals surface area contributed by atoms with Crippen LogP contribution in [-0.4, -0.2) is 32.0 Å². The number of aromatic nitrogens is 4. The van der Waals surface area contributed by atoms with E-state index in [1.807, 2.05) is 28.8 Å². The van der Waals surface area contributed by atoms with Gasteiger partial charge in [-0.25, -0.2) is 9.78 Å². The van der Waals surface area contributed by atoms with Crippen LogP contribution in [0.4, 0.5) is 5.13 Å². The van der Waals surface area contributed by atoms with Gasteiger partial charge in [0.25, 0.3) is 0 Å². The molecule has 4 aromatic rings. The standard InChI is InChI=1S/C22H23N5OS/c1-15-6-8-16(9-7-15)14-20-24-22(29-25-20)26-12-10-17(11-13-26)27-19-5-3-2-4-18(19)23-21(27)28/h2-9,17H,10-14H2,1H3,(H,23,28). The predicted octanol–water partition coefficient (Wildman–Crippen LogP) is 3.92. The molecule has 7 heteroatoms. The fourth-order valence-corrected chi connectivity index (χ4v) is 4.82. The summed E-state index contributed by atoms with van der Waals surface area (Å²) in [5.74, 6) is 0.879. The number of nitrogens with zero attached hydrogens (tertiary/aromatic N) is 4. The van der Waals surface area contributed by atoms with E-state index < -0.39 is 0 Å². The van der Waals surface area contributed by atoms with Crippen molar-refractivity contribution >= 4 is 27.7 Å². The van der Waals surface area contributed by atoms with Crippen LogP contribution in [0, 0.1) is 6.92 Å². The zero-order valence-corrected chi connectivity index (χ0v) is 17.2. The first kappa shape index (κ1) is 18.1. The van der Waals surface area contributed by atoms with Crippen LogP contribution >= 0.6 is 11.5 Å². The highest BCUT2D eigenvalue weighted by Gasteiger charge is 2.25. The average molecular weight is 406 g/mol. The van der Waals surface area contributed by atoms with Gasteiger partial charge < -0.3 is 9.88 Å². The molecule has 1 aliphatic rings. The van der Waals surface area contributed by atoms with Gasteiger partial charge in [0.2, 0.25) is 5.13 Å². The van der Waals surface area contributed by atoms with Crippen LogP contribution in [0.25, 0.3) is 11.0 Å². The fraction of sp³-hybridized carbons (Fsp3) is 0.318. The van der Waals surface area contributed by atoms with Crippen LogP contribution in [0.1, 0.15) is 35.8 Å². The second-order valence-corrected chi connectivity index (χ2v) is 8.42. The lowest BCUT2D eigenvalue weighted by molar-refractivity contribution is 0.396. The number of anilines is 1. The molecule has 0 amide bonds. The number of aryl methyl sites for hydroxylation is 1. The first-order valence-electron chi connectivity index (χ1n) is 10.00. The van der Waals surface area contributed by atoms with Crippen molar-refractivity contribution in [1.82, 2.24) is 18.9 Å². The van der Waals surface area contributed by atoms with Crippen LogP contribution in [0.3, 0.4) is 0 Å². The summed E-state index contributed by atoms with van der Waals surface area (Å²) in [6, 6.07) is 16.7. The van der Waals surface area contributed by atoms with Crippen molar-refractivity contribution in [2.24, 2.45) is 0 Å². The maximum atomic E-state index is 12.5. The number of rotatable bonds is 4. The number of hydrogen-bond acceptors (Lipinski definition) is 5. The van der Waals surface area contributed by atoms with E-state index in [9.17, 15) is 4.79 Å². The molecule has 0 bridgehead atoms. The minimum Gasteiger partial charge on any atom is -0.347 e. The molecule has 0 unspecified atom stereocenters. The zero-order valence-electron chi connectivity index (χ0n) is 16.3. The zero-order chi connectivity index (χ0) is 19.8. The maximum Gasteiger partial charge on any atom is 0.326 e. The van der Waals surface area contributed by atoms with Crippen LogP contribution < -0.4 is 10.6 Å². The Morgan fingerprint density at radius 2 is 1.86 bits per heavy atom. The predicted molar refractivity (Wildman–Crippen MR) is 117 cm³/mol. The van der Waals surface area contributed by atoms with Crippen molar-refractivity contribution in [3.05, 3.63) is 76.0 Å². The Hall–Kier alpha value is -2.93. The topological polar surface area (TPSA) is 66.8 Å². The second-order valence-electron chi connectivity index (χ2n) is 7.69. The third-order valence-corrected chi connectivity index (χ3v) is 6.48. The molecule has 0 spiro atoms. The quantitative estimate of drug-likeness (QED) is 0.559. The van der Waals surface area contributed by atoms with E-state index in [0.717, 1.165) is 54.3 Å². The molecule has 3 heterocycles. The number of aromatic amines is 1. The van der Waals surface area contributed by atoms with E-state index in [0.29, 0.717) is 0 Å². The molecular weight excluding hydrogens is 382 g/mol. The van der Waals surface area contributed by atoms with E-state index in [2.05, 4.69) is 45.4 Å². The van der Waals surface area contributed by atoms with E-state index >= 15 is 0 Å². The lowest BCUT2D eigenvalue weighted by atomic mass is 10.1. The third kappa shape index (κ3) is 3.58. The van der Waals surface area contributed by atoms with Gasteiger partial charge in [-0.15, -0.1) is 0 Å². The molecule has 6 nitrogen and oxygen atoms in total. The Balaban J connectivity index is 1.27. The van der Waals surface area contributed by atoms with Crippen LogP contribution in [0.5, 0.6) is 0 Å². The summed E-state index contributed by atoms with van der Waals surface area (Å²) in [6.07, 6.45) is 2.61. The number of H-pyrrole nitrogens is 1. The average Bonchev–Trinajstić information content (AvgIpc) is 3.33. The maximum absolute atomic E-state index is 12.5. The lowest BCUT2D eigenvalue weighted by Gasteiger charge is -2.32. The lowest BCUT2D eigenvalue weighted by Crippen LogP contribution is -2.37. The number of piperidine rings is 1. The molecular formula is C22H23N5OS. The first-order valence-corrected chi connectivity index (χ1v) is 10.8. The Kier molecular flexibility index (Phi) is 4.67. The Bertz CT molecular complexity index is 1180. The SMILES string of the molecule is Cc1ccc(Cc2nsc(N3CCC(n4c(=O)[nH]c5ccccc54)CC3)n2)cc1. The molecule has 1 N–H and O–H groups in total. The molecule has 0 radical (unpaired) electrons. The highest BCUT2D eigenvalue weighted by molar-refractivity contribution is 7.09. The van der Waals surface area contributed by atoms with Crippen molar-refractivity contribution in [2.45, 2.75) is 32.2 Å². The van der Waals surface area contributed by atoms with Gasteiger partial charge in [-0.1, -0.05) is 42.0 Å². The minimum atomic E-state index is -0.0130. The molecule has 148 valence electrons. The molecule has 29 heavy (non-hydrogen) atoms. The summed E-state index contributed by atoms with van der Waals surface area (Å²) in [4.78, 5) is 22.5. The number of hydrogen-bond donors (Lipinski definition) is 1. The molecule has 2 aromatic carbocycles. The summed E-state index contributed by atoms with van der Waals surface area (Å²) in [5.41, 5.74) is 4.38. The Labute approximate surface area is 173 Å².